The smallest absolute Gasteiger partial charge is 0.137 e. The number of Topliss-reactive ketones (excluding diaryl/α,β-unsaturated/α-hetero) is 1. The van der Waals surface area contributed by atoms with Crippen LogP contribution in [0.5, 0.6) is 0 Å². The highest BCUT2D eigenvalue weighted by Gasteiger charge is 2.06. The molecule has 2 nitrogen and oxygen atoms in total. The van der Waals surface area contributed by atoms with Gasteiger partial charge < -0.3 is 5.11 Å². The Balaban J connectivity index is 2.63. The van der Waals surface area contributed by atoms with Crippen molar-refractivity contribution in [3.05, 3.63) is 35.1 Å². The fourth-order valence-corrected chi connectivity index (χ4v) is 1.41. The first-order chi connectivity index (χ1) is 7.13. The van der Waals surface area contributed by atoms with Crippen molar-refractivity contribution < 1.29 is 14.3 Å². The summed E-state index contributed by atoms with van der Waals surface area (Å²) in [5.41, 5.74) is 1.66. The van der Waals surface area contributed by atoms with Crippen LogP contribution in [0.15, 0.2) is 18.2 Å². The largest absolute Gasteiger partial charge is 0.396 e. The molecule has 0 aromatic heterocycles. The average Bonchev–Trinajstić information content (AvgIpc) is 2.20. The van der Waals surface area contributed by atoms with Crippen molar-refractivity contribution in [1.29, 1.82) is 0 Å². The van der Waals surface area contributed by atoms with Crippen molar-refractivity contribution in [2.75, 3.05) is 6.61 Å². The van der Waals surface area contributed by atoms with Gasteiger partial charge in [-0.05, 0) is 36.6 Å². The Labute approximate surface area is 88.7 Å². The molecule has 0 amide bonds. The van der Waals surface area contributed by atoms with Crippen LogP contribution in [0.2, 0.25) is 0 Å². The molecule has 0 bridgehead atoms. The highest BCUT2D eigenvalue weighted by molar-refractivity contribution is 5.81. The van der Waals surface area contributed by atoms with Crippen molar-refractivity contribution >= 4 is 5.78 Å². The van der Waals surface area contributed by atoms with Crippen LogP contribution in [0.25, 0.3) is 0 Å². The van der Waals surface area contributed by atoms with Crippen molar-refractivity contribution in [2.24, 2.45) is 0 Å². The third kappa shape index (κ3) is 3.80. The predicted molar refractivity (Wildman–Crippen MR) is 56.2 cm³/mol. The molecule has 1 aromatic rings. The van der Waals surface area contributed by atoms with E-state index in [0.717, 1.165) is 11.1 Å². The Bertz CT molecular complexity index is 347. The lowest BCUT2D eigenvalue weighted by Gasteiger charge is -2.04. The van der Waals surface area contributed by atoms with Crippen molar-refractivity contribution in [3.8, 4) is 0 Å². The van der Waals surface area contributed by atoms with Gasteiger partial charge in [0.1, 0.15) is 11.6 Å². The maximum atomic E-state index is 12.9. The lowest BCUT2D eigenvalue weighted by molar-refractivity contribution is -0.118. The van der Waals surface area contributed by atoms with Crippen LogP contribution in [0.4, 0.5) is 4.39 Å². The van der Waals surface area contributed by atoms with Crippen LogP contribution < -0.4 is 0 Å². The summed E-state index contributed by atoms with van der Waals surface area (Å²) in [6.45, 7) is 1.88. The second-order valence-electron chi connectivity index (χ2n) is 3.61. The highest BCUT2D eigenvalue weighted by Crippen LogP contribution is 2.12. The summed E-state index contributed by atoms with van der Waals surface area (Å²) in [6, 6.07) is 4.45. The van der Waals surface area contributed by atoms with Gasteiger partial charge in [-0.3, -0.25) is 4.79 Å². The molecule has 1 aromatic carbocycles. The quantitative estimate of drug-likeness (QED) is 0.807. The van der Waals surface area contributed by atoms with E-state index in [-0.39, 0.29) is 24.6 Å². The number of ketones is 1. The molecule has 0 aliphatic rings. The van der Waals surface area contributed by atoms with Crippen molar-refractivity contribution in [1.82, 2.24) is 0 Å². The molecule has 3 heteroatoms. The van der Waals surface area contributed by atoms with Gasteiger partial charge in [-0.1, -0.05) is 6.07 Å². The molecule has 0 aliphatic carbocycles. The number of rotatable bonds is 5. The number of benzene rings is 1. The van der Waals surface area contributed by atoms with Gasteiger partial charge in [-0.25, -0.2) is 4.39 Å². The molecule has 0 atom stereocenters. The van der Waals surface area contributed by atoms with E-state index in [1.807, 2.05) is 6.92 Å². The SMILES string of the molecule is Cc1ccc(F)cc1CC(=O)CCCO. The monoisotopic (exact) mass is 210 g/mol. The zero-order valence-corrected chi connectivity index (χ0v) is 8.79. The normalized spacial score (nSPS) is 10.3. The van der Waals surface area contributed by atoms with Crippen LogP contribution in [-0.2, 0) is 11.2 Å². The third-order valence-electron chi connectivity index (χ3n) is 2.31. The molecule has 0 spiro atoms. The van der Waals surface area contributed by atoms with E-state index in [1.54, 1.807) is 6.07 Å². The minimum absolute atomic E-state index is 0.0217. The Morgan fingerprint density at radius 3 is 2.87 bits per heavy atom. The standard InChI is InChI=1S/C12H15FO2/c1-9-4-5-11(13)7-10(9)8-12(15)3-2-6-14/h4-5,7,14H,2-3,6,8H2,1H3. The minimum Gasteiger partial charge on any atom is -0.396 e. The van der Waals surface area contributed by atoms with Crippen LogP contribution in [0.3, 0.4) is 0 Å². The first-order valence-corrected chi connectivity index (χ1v) is 5.01. The number of hydrogen-bond donors (Lipinski definition) is 1. The molecule has 0 heterocycles. The summed E-state index contributed by atoms with van der Waals surface area (Å²) >= 11 is 0. The summed E-state index contributed by atoms with van der Waals surface area (Å²) in [5.74, 6) is -0.275. The summed E-state index contributed by atoms with van der Waals surface area (Å²) < 4.78 is 12.9. The maximum absolute atomic E-state index is 12.9. The molecule has 0 saturated carbocycles. The van der Waals surface area contributed by atoms with Gasteiger partial charge in [0.15, 0.2) is 0 Å². The van der Waals surface area contributed by atoms with Gasteiger partial charge >= 0.3 is 0 Å². The van der Waals surface area contributed by atoms with Crippen LogP contribution in [-0.4, -0.2) is 17.5 Å². The first kappa shape index (κ1) is 11.9. The van der Waals surface area contributed by atoms with Crippen molar-refractivity contribution in [2.45, 2.75) is 26.2 Å². The Hall–Kier alpha value is -1.22. The number of aliphatic hydroxyl groups excluding tert-OH is 1. The van der Waals surface area contributed by atoms with E-state index in [9.17, 15) is 9.18 Å². The minimum atomic E-state index is -0.314. The van der Waals surface area contributed by atoms with E-state index < -0.39 is 0 Å². The molecule has 0 fully saturated rings. The number of hydrogen-bond acceptors (Lipinski definition) is 2. The van der Waals surface area contributed by atoms with Gasteiger partial charge in [-0.15, -0.1) is 0 Å². The molecule has 15 heavy (non-hydrogen) atoms. The Kier molecular flexibility index (Phi) is 4.43. The highest BCUT2D eigenvalue weighted by atomic mass is 19.1. The second-order valence-corrected chi connectivity index (χ2v) is 3.61. The number of aliphatic hydroxyl groups is 1. The van der Waals surface area contributed by atoms with E-state index in [2.05, 4.69) is 0 Å². The molecular weight excluding hydrogens is 195 g/mol. The third-order valence-corrected chi connectivity index (χ3v) is 2.31. The lowest BCUT2D eigenvalue weighted by atomic mass is 10.0. The molecular formula is C12H15FO2. The predicted octanol–water partition coefficient (Wildman–Crippen LogP) is 2.02. The number of carbonyl (C=O) groups is 1. The molecule has 0 radical (unpaired) electrons. The second kappa shape index (κ2) is 5.61. The molecule has 0 aliphatic heterocycles. The zero-order chi connectivity index (χ0) is 11.3. The first-order valence-electron chi connectivity index (χ1n) is 5.01. The average molecular weight is 210 g/mol. The number of halogens is 1. The van der Waals surface area contributed by atoms with Crippen LogP contribution in [0.1, 0.15) is 24.0 Å². The van der Waals surface area contributed by atoms with E-state index in [0.29, 0.717) is 12.8 Å². The Morgan fingerprint density at radius 1 is 1.47 bits per heavy atom. The summed E-state index contributed by atoms with van der Waals surface area (Å²) in [7, 11) is 0. The molecule has 1 N–H and O–H groups in total. The summed E-state index contributed by atoms with van der Waals surface area (Å²) in [6.07, 6.45) is 1.09. The van der Waals surface area contributed by atoms with E-state index in [4.69, 9.17) is 5.11 Å². The Morgan fingerprint density at radius 2 is 2.20 bits per heavy atom. The zero-order valence-electron chi connectivity index (χ0n) is 8.79. The van der Waals surface area contributed by atoms with Crippen LogP contribution >= 0.6 is 0 Å². The van der Waals surface area contributed by atoms with E-state index in [1.165, 1.54) is 12.1 Å². The van der Waals surface area contributed by atoms with Crippen LogP contribution in [0, 0.1) is 12.7 Å². The van der Waals surface area contributed by atoms with Gasteiger partial charge in [-0.2, -0.15) is 0 Å². The van der Waals surface area contributed by atoms with Crippen molar-refractivity contribution in [3.63, 3.8) is 0 Å². The van der Waals surface area contributed by atoms with Gasteiger partial charge in [0, 0.05) is 19.4 Å². The van der Waals surface area contributed by atoms with Gasteiger partial charge in [0.25, 0.3) is 0 Å². The lowest BCUT2D eigenvalue weighted by Crippen LogP contribution is -2.05. The van der Waals surface area contributed by atoms with Gasteiger partial charge in [0.2, 0.25) is 0 Å². The van der Waals surface area contributed by atoms with Gasteiger partial charge in [0.05, 0.1) is 0 Å². The fraction of sp³-hybridized carbons (Fsp3) is 0.417. The summed E-state index contributed by atoms with van der Waals surface area (Å²) in [5, 5.41) is 8.57. The number of carbonyl (C=O) groups excluding carboxylic acids is 1. The van der Waals surface area contributed by atoms with E-state index >= 15 is 0 Å². The molecule has 0 saturated heterocycles. The maximum Gasteiger partial charge on any atom is 0.137 e. The molecule has 1 rings (SSSR count). The number of aryl methyl sites for hydroxylation is 1. The fourth-order valence-electron chi connectivity index (χ4n) is 1.41. The molecule has 0 unspecified atom stereocenters. The summed E-state index contributed by atoms with van der Waals surface area (Å²) in [4.78, 5) is 11.4. The topological polar surface area (TPSA) is 37.3 Å². The molecule has 82 valence electrons.